The molecular formula is C20H20FN3O3. The Morgan fingerprint density at radius 3 is 2.48 bits per heavy atom. The maximum Gasteiger partial charge on any atom is 0.255 e. The summed E-state index contributed by atoms with van der Waals surface area (Å²) in [5.74, 6) is -1.17. The Morgan fingerprint density at radius 1 is 1.11 bits per heavy atom. The van der Waals surface area contributed by atoms with Gasteiger partial charge in [0.2, 0.25) is 11.8 Å². The molecule has 0 saturated carbocycles. The predicted molar refractivity (Wildman–Crippen MR) is 99.7 cm³/mol. The van der Waals surface area contributed by atoms with Crippen LogP contribution < -0.4 is 10.6 Å². The predicted octanol–water partition coefficient (Wildman–Crippen LogP) is 3.16. The zero-order chi connectivity index (χ0) is 19.4. The molecule has 140 valence electrons. The second-order valence-electron chi connectivity index (χ2n) is 6.45. The minimum absolute atomic E-state index is 0.00549. The van der Waals surface area contributed by atoms with E-state index in [9.17, 15) is 18.8 Å². The second kappa shape index (κ2) is 7.99. The summed E-state index contributed by atoms with van der Waals surface area (Å²) in [6.45, 7) is 2.59. The SMILES string of the molecule is CC(=O)Nc1cc(NC(=O)c2ccc(CN3CCCC3=O)cc2)ccc1F. The van der Waals surface area contributed by atoms with Gasteiger partial charge in [-0.05, 0) is 42.3 Å². The zero-order valence-corrected chi connectivity index (χ0v) is 14.9. The molecular weight excluding hydrogens is 349 g/mol. The molecule has 0 unspecified atom stereocenters. The number of hydrogen-bond donors (Lipinski definition) is 2. The maximum atomic E-state index is 13.7. The van der Waals surface area contributed by atoms with Gasteiger partial charge in [0.05, 0.1) is 5.69 Å². The molecule has 0 spiro atoms. The molecule has 7 heteroatoms. The van der Waals surface area contributed by atoms with Gasteiger partial charge in [-0.15, -0.1) is 0 Å². The molecule has 1 saturated heterocycles. The van der Waals surface area contributed by atoms with Crippen LogP contribution >= 0.6 is 0 Å². The van der Waals surface area contributed by atoms with Gasteiger partial charge in [-0.3, -0.25) is 14.4 Å². The molecule has 0 atom stereocenters. The topological polar surface area (TPSA) is 78.5 Å². The normalized spacial score (nSPS) is 13.6. The first-order valence-electron chi connectivity index (χ1n) is 8.67. The van der Waals surface area contributed by atoms with Crippen LogP contribution in [0.15, 0.2) is 42.5 Å². The quantitative estimate of drug-likeness (QED) is 0.850. The van der Waals surface area contributed by atoms with Gasteiger partial charge in [-0.1, -0.05) is 12.1 Å². The van der Waals surface area contributed by atoms with Gasteiger partial charge in [-0.2, -0.15) is 0 Å². The number of nitrogens with zero attached hydrogens (tertiary/aromatic N) is 1. The van der Waals surface area contributed by atoms with Crippen LogP contribution in [0.25, 0.3) is 0 Å². The van der Waals surface area contributed by atoms with E-state index in [-0.39, 0.29) is 17.5 Å². The fraction of sp³-hybridized carbons (Fsp3) is 0.250. The molecule has 6 nitrogen and oxygen atoms in total. The van der Waals surface area contributed by atoms with Crippen molar-refractivity contribution in [2.75, 3.05) is 17.2 Å². The summed E-state index contributed by atoms with van der Waals surface area (Å²) in [6, 6.07) is 11.0. The fourth-order valence-electron chi connectivity index (χ4n) is 2.94. The molecule has 2 aromatic carbocycles. The first kappa shape index (κ1) is 18.6. The van der Waals surface area contributed by atoms with Crippen molar-refractivity contribution in [2.24, 2.45) is 0 Å². The number of nitrogens with one attached hydrogen (secondary N) is 2. The van der Waals surface area contributed by atoms with Gasteiger partial charge in [0, 0.05) is 37.7 Å². The van der Waals surface area contributed by atoms with Crippen molar-refractivity contribution >= 4 is 29.1 Å². The molecule has 3 amide bonds. The number of rotatable bonds is 5. The Labute approximate surface area is 156 Å². The third-order valence-electron chi connectivity index (χ3n) is 4.30. The van der Waals surface area contributed by atoms with E-state index >= 15 is 0 Å². The van der Waals surface area contributed by atoms with E-state index in [4.69, 9.17) is 0 Å². The van der Waals surface area contributed by atoms with Crippen molar-refractivity contribution < 1.29 is 18.8 Å². The van der Waals surface area contributed by atoms with E-state index in [0.29, 0.717) is 24.2 Å². The number of carbonyl (C=O) groups excluding carboxylic acids is 3. The number of likely N-dealkylation sites (tertiary alicyclic amines) is 1. The summed E-state index contributed by atoms with van der Waals surface area (Å²) < 4.78 is 13.7. The minimum Gasteiger partial charge on any atom is -0.338 e. The number of anilines is 2. The lowest BCUT2D eigenvalue weighted by Crippen LogP contribution is -2.23. The van der Waals surface area contributed by atoms with Gasteiger partial charge in [0.1, 0.15) is 5.82 Å². The molecule has 0 aromatic heterocycles. The summed E-state index contributed by atoms with van der Waals surface area (Å²) in [5.41, 5.74) is 1.77. The number of amides is 3. The molecule has 3 rings (SSSR count). The highest BCUT2D eigenvalue weighted by Crippen LogP contribution is 2.21. The summed E-state index contributed by atoms with van der Waals surface area (Å²) in [4.78, 5) is 37.0. The van der Waals surface area contributed by atoms with Gasteiger partial charge in [-0.25, -0.2) is 4.39 Å². The van der Waals surface area contributed by atoms with Crippen LogP contribution in [0.4, 0.5) is 15.8 Å². The highest BCUT2D eigenvalue weighted by Gasteiger charge is 2.20. The number of halogens is 1. The average molecular weight is 369 g/mol. The van der Waals surface area contributed by atoms with Crippen molar-refractivity contribution in [3.8, 4) is 0 Å². The lowest BCUT2D eigenvalue weighted by Gasteiger charge is -2.15. The lowest BCUT2D eigenvalue weighted by molar-refractivity contribution is -0.128. The average Bonchev–Trinajstić information content (AvgIpc) is 3.03. The van der Waals surface area contributed by atoms with Crippen molar-refractivity contribution in [3.05, 3.63) is 59.4 Å². The first-order chi connectivity index (χ1) is 12.9. The Kier molecular flexibility index (Phi) is 5.49. The van der Waals surface area contributed by atoms with Crippen LogP contribution in [0.3, 0.4) is 0 Å². The van der Waals surface area contributed by atoms with Crippen LogP contribution in [-0.4, -0.2) is 29.2 Å². The largest absolute Gasteiger partial charge is 0.338 e. The second-order valence-corrected chi connectivity index (χ2v) is 6.45. The van der Waals surface area contributed by atoms with Crippen molar-refractivity contribution in [2.45, 2.75) is 26.3 Å². The molecule has 1 aliphatic heterocycles. The van der Waals surface area contributed by atoms with E-state index in [2.05, 4.69) is 10.6 Å². The van der Waals surface area contributed by atoms with E-state index in [1.165, 1.54) is 25.1 Å². The highest BCUT2D eigenvalue weighted by molar-refractivity contribution is 6.04. The number of hydrogen-bond acceptors (Lipinski definition) is 3. The molecule has 27 heavy (non-hydrogen) atoms. The van der Waals surface area contributed by atoms with Crippen LogP contribution in [0, 0.1) is 5.82 Å². The highest BCUT2D eigenvalue weighted by atomic mass is 19.1. The standard InChI is InChI=1S/C20H20FN3O3/c1-13(25)22-18-11-16(8-9-17(18)21)23-20(27)15-6-4-14(5-7-15)12-24-10-2-3-19(24)26/h4-9,11H,2-3,10,12H2,1H3,(H,22,25)(H,23,27). The minimum atomic E-state index is -0.580. The van der Waals surface area contributed by atoms with Crippen LogP contribution in [0.5, 0.6) is 0 Å². The first-order valence-corrected chi connectivity index (χ1v) is 8.67. The van der Waals surface area contributed by atoms with Crippen molar-refractivity contribution in [1.82, 2.24) is 4.90 Å². The third-order valence-corrected chi connectivity index (χ3v) is 4.30. The number of benzene rings is 2. The monoisotopic (exact) mass is 369 g/mol. The molecule has 0 aliphatic carbocycles. The third kappa shape index (κ3) is 4.69. The van der Waals surface area contributed by atoms with Gasteiger partial charge >= 0.3 is 0 Å². The number of carbonyl (C=O) groups is 3. The molecule has 0 bridgehead atoms. The lowest BCUT2D eigenvalue weighted by atomic mass is 10.1. The molecule has 1 fully saturated rings. The molecule has 1 heterocycles. The maximum absolute atomic E-state index is 13.7. The van der Waals surface area contributed by atoms with Crippen molar-refractivity contribution in [1.29, 1.82) is 0 Å². The van der Waals surface area contributed by atoms with Gasteiger partial charge < -0.3 is 15.5 Å². The van der Waals surface area contributed by atoms with Crippen LogP contribution in [-0.2, 0) is 16.1 Å². The van der Waals surface area contributed by atoms with Gasteiger partial charge in [0.15, 0.2) is 0 Å². The fourth-order valence-corrected chi connectivity index (χ4v) is 2.94. The molecule has 1 aliphatic rings. The van der Waals surface area contributed by atoms with E-state index in [1.54, 1.807) is 17.0 Å². The smallest absolute Gasteiger partial charge is 0.255 e. The van der Waals surface area contributed by atoms with Crippen molar-refractivity contribution in [3.63, 3.8) is 0 Å². The van der Waals surface area contributed by atoms with E-state index in [1.807, 2.05) is 12.1 Å². The Bertz CT molecular complexity index is 881. The van der Waals surface area contributed by atoms with Gasteiger partial charge in [0.25, 0.3) is 5.91 Å². The van der Waals surface area contributed by atoms with Crippen LogP contribution in [0.1, 0.15) is 35.7 Å². The Morgan fingerprint density at radius 2 is 1.85 bits per heavy atom. The summed E-state index contributed by atoms with van der Waals surface area (Å²) in [5, 5.41) is 5.05. The van der Waals surface area contributed by atoms with E-state index < -0.39 is 11.7 Å². The Balaban J connectivity index is 1.65. The van der Waals surface area contributed by atoms with E-state index in [0.717, 1.165) is 18.5 Å². The summed E-state index contributed by atoms with van der Waals surface area (Å²) in [7, 11) is 0. The molecule has 2 N–H and O–H groups in total. The van der Waals surface area contributed by atoms with Crippen LogP contribution in [0.2, 0.25) is 0 Å². The molecule has 0 radical (unpaired) electrons. The zero-order valence-electron chi connectivity index (χ0n) is 14.9. The Hall–Kier alpha value is -3.22. The molecule has 2 aromatic rings. The summed E-state index contributed by atoms with van der Waals surface area (Å²) >= 11 is 0. The summed E-state index contributed by atoms with van der Waals surface area (Å²) in [6.07, 6.45) is 1.48.